The van der Waals surface area contributed by atoms with E-state index in [2.05, 4.69) is 10.6 Å². The lowest BCUT2D eigenvalue weighted by Gasteiger charge is -2.15. The molecule has 2 aromatic carbocycles. The van der Waals surface area contributed by atoms with Crippen LogP contribution in [0.4, 0.5) is 16.2 Å². The van der Waals surface area contributed by atoms with Crippen molar-refractivity contribution in [1.29, 1.82) is 0 Å². The van der Waals surface area contributed by atoms with Gasteiger partial charge in [0.05, 0.1) is 12.0 Å². The molecule has 2 rings (SSSR count). The number of halogens is 1. The van der Waals surface area contributed by atoms with Crippen LogP contribution in [-0.4, -0.2) is 24.1 Å². The largest absolute Gasteiger partial charge is 0.497 e. The Labute approximate surface area is 150 Å². The van der Waals surface area contributed by atoms with Crippen molar-refractivity contribution in [1.82, 2.24) is 5.32 Å². The van der Waals surface area contributed by atoms with Gasteiger partial charge in [0.15, 0.2) is 0 Å². The molecule has 0 heterocycles. The van der Waals surface area contributed by atoms with Crippen LogP contribution in [0.15, 0.2) is 42.5 Å². The molecule has 2 aromatic rings. The van der Waals surface area contributed by atoms with Crippen molar-refractivity contribution in [3.8, 4) is 5.75 Å². The quantitative estimate of drug-likeness (QED) is 0.599. The van der Waals surface area contributed by atoms with Gasteiger partial charge in [-0.2, -0.15) is 0 Å². The minimum atomic E-state index is -0.600. The Balaban J connectivity index is 1.95. The highest BCUT2D eigenvalue weighted by molar-refractivity contribution is 6.32. The molecule has 1 unspecified atom stereocenters. The van der Waals surface area contributed by atoms with E-state index in [-0.39, 0.29) is 16.8 Å². The predicted molar refractivity (Wildman–Crippen MR) is 96.4 cm³/mol. The summed E-state index contributed by atoms with van der Waals surface area (Å²) in [5.74, 6) is 0.752. The number of ether oxygens (including phenoxy) is 1. The lowest BCUT2D eigenvalue weighted by molar-refractivity contribution is -0.384. The Morgan fingerprint density at radius 1 is 1.32 bits per heavy atom. The number of methoxy groups -OCH3 is 1. The highest BCUT2D eigenvalue weighted by Crippen LogP contribution is 2.27. The first-order valence-electron chi connectivity index (χ1n) is 7.53. The predicted octanol–water partition coefficient (Wildman–Crippen LogP) is 4.01. The van der Waals surface area contributed by atoms with Crippen molar-refractivity contribution in [3.05, 3.63) is 63.2 Å². The van der Waals surface area contributed by atoms with Gasteiger partial charge in [-0.25, -0.2) is 4.79 Å². The second kappa shape index (κ2) is 8.34. The van der Waals surface area contributed by atoms with Gasteiger partial charge < -0.3 is 15.4 Å². The van der Waals surface area contributed by atoms with Gasteiger partial charge in [-0.15, -0.1) is 0 Å². The molecule has 2 amide bonds. The van der Waals surface area contributed by atoms with Crippen molar-refractivity contribution in [2.24, 2.45) is 0 Å². The number of nitro groups is 1. The van der Waals surface area contributed by atoms with Crippen LogP contribution in [0.25, 0.3) is 0 Å². The van der Waals surface area contributed by atoms with Gasteiger partial charge in [0.25, 0.3) is 5.69 Å². The summed E-state index contributed by atoms with van der Waals surface area (Å²) < 4.78 is 5.17. The van der Waals surface area contributed by atoms with Crippen LogP contribution in [0, 0.1) is 10.1 Å². The molecular formula is C17H18ClN3O4. The SMILES string of the molecule is COc1cccc(CC(C)NC(=O)Nc2ccc(Cl)c([N+](=O)[O-])c2)c1. The molecule has 25 heavy (non-hydrogen) atoms. The third-order valence-electron chi connectivity index (χ3n) is 3.45. The van der Waals surface area contributed by atoms with Crippen molar-refractivity contribution < 1.29 is 14.5 Å². The van der Waals surface area contributed by atoms with E-state index < -0.39 is 11.0 Å². The smallest absolute Gasteiger partial charge is 0.319 e. The van der Waals surface area contributed by atoms with E-state index in [1.54, 1.807) is 7.11 Å². The number of nitro benzene ring substituents is 1. The van der Waals surface area contributed by atoms with E-state index in [9.17, 15) is 14.9 Å². The summed E-state index contributed by atoms with van der Waals surface area (Å²) in [6, 6.07) is 11.1. The lowest BCUT2D eigenvalue weighted by atomic mass is 10.1. The number of nitrogens with zero attached hydrogens (tertiary/aromatic N) is 1. The number of hydrogen-bond donors (Lipinski definition) is 2. The summed E-state index contributed by atoms with van der Waals surface area (Å²) in [6.45, 7) is 1.86. The number of hydrogen-bond acceptors (Lipinski definition) is 4. The Bertz CT molecular complexity index is 782. The fourth-order valence-electron chi connectivity index (χ4n) is 2.33. The minimum Gasteiger partial charge on any atom is -0.497 e. The maximum atomic E-state index is 12.1. The van der Waals surface area contributed by atoms with Crippen LogP contribution < -0.4 is 15.4 Å². The first-order valence-corrected chi connectivity index (χ1v) is 7.91. The molecule has 0 spiro atoms. The summed E-state index contributed by atoms with van der Waals surface area (Å²) >= 11 is 5.75. The molecule has 0 bridgehead atoms. The third-order valence-corrected chi connectivity index (χ3v) is 3.77. The second-order valence-electron chi connectivity index (χ2n) is 5.48. The maximum Gasteiger partial charge on any atom is 0.319 e. The highest BCUT2D eigenvalue weighted by atomic mass is 35.5. The molecule has 0 saturated heterocycles. The summed E-state index contributed by atoms with van der Waals surface area (Å²) in [5.41, 5.74) is 1.06. The number of urea groups is 1. The second-order valence-corrected chi connectivity index (χ2v) is 5.89. The van der Waals surface area contributed by atoms with Crippen LogP contribution in [0.2, 0.25) is 5.02 Å². The molecule has 0 aliphatic carbocycles. The number of carbonyl (C=O) groups excluding carboxylic acids is 1. The number of amides is 2. The third kappa shape index (κ3) is 5.36. The normalized spacial score (nSPS) is 11.5. The number of benzene rings is 2. The van der Waals surface area contributed by atoms with Gasteiger partial charge in [0, 0.05) is 17.8 Å². The average molecular weight is 364 g/mol. The van der Waals surface area contributed by atoms with Crippen molar-refractivity contribution >= 4 is 29.0 Å². The maximum absolute atomic E-state index is 12.1. The zero-order valence-corrected chi connectivity index (χ0v) is 14.5. The molecule has 0 aliphatic rings. The van der Waals surface area contributed by atoms with E-state index in [1.165, 1.54) is 18.2 Å². The monoisotopic (exact) mass is 363 g/mol. The van der Waals surface area contributed by atoms with E-state index in [0.717, 1.165) is 11.3 Å². The van der Waals surface area contributed by atoms with Gasteiger partial charge in [-0.1, -0.05) is 23.7 Å². The van der Waals surface area contributed by atoms with Crippen LogP contribution in [0.1, 0.15) is 12.5 Å². The topological polar surface area (TPSA) is 93.5 Å². The van der Waals surface area contributed by atoms with Crippen LogP contribution >= 0.6 is 11.6 Å². The average Bonchev–Trinajstić information content (AvgIpc) is 2.56. The van der Waals surface area contributed by atoms with Crippen LogP contribution in [0.5, 0.6) is 5.75 Å². The van der Waals surface area contributed by atoms with Crippen molar-refractivity contribution in [2.75, 3.05) is 12.4 Å². The summed E-state index contributed by atoms with van der Waals surface area (Å²) in [7, 11) is 1.60. The Kier molecular flexibility index (Phi) is 6.19. The van der Waals surface area contributed by atoms with E-state index in [1.807, 2.05) is 31.2 Å². The number of anilines is 1. The molecule has 0 radical (unpaired) electrons. The fourth-order valence-corrected chi connectivity index (χ4v) is 2.51. The van der Waals surface area contributed by atoms with E-state index in [0.29, 0.717) is 12.1 Å². The molecule has 2 N–H and O–H groups in total. The fraction of sp³-hybridized carbons (Fsp3) is 0.235. The first kappa shape index (κ1) is 18.5. The standard InChI is InChI=1S/C17H18ClN3O4/c1-11(8-12-4-3-5-14(9-12)25-2)19-17(22)20-13-6-7-15(18)16(10-13)21(23)24/h3-7,9-11H,8H2,1-2H3,(H2,19,20,22). The molecule has 8 heteroatoms. The zero-order valence-electron chi connectivity index (χ0n) is 13.8. The van der Waals surface area contributed by atoms with Crippen molar-refractivity contribution in [3.63, 3.8) is 0 Å². The minimum absolute atomic E-state index is 0.0161. The van der Waals surface area contributed by atoms with Gasteiger partial charge in [-0.3, -0.25) is 10.1 Å². The molecule has 0 aromatic heterocycles. The number of nitrogens with one attached hydrogen (secondary N) is 2. The van der Waals surface area contributed by atoms with E-state index >= 15 is 0 Å². The first-order chi connectivity index (χ1) is 11.9. The molecule has 0 fully saturated rings. The van der Waals surface area contributed by atoms with Gasteiger partial charge in [-0.05, 0) is 43.2 Å². The molecule has 132 valence electrons. The van der Waals surface area contributed by atoms with Crippen LogP contribution in [-0.2, 0) is 6.42 Å². The summed E-state index contributed by atoms with van der Waals surface area (Å²) in [4.78, 5) is 22.3. The Morgan fingerprint density at radius 2 is 2.08 bits per heavy atom. The molecule has 0 saturated carbocycles. The summed E-state index contributed by atoms with van der Waals surface area (Å²) in [5, 5.41) is 16.2. The van der Waals surface area contributed by atoms with Crippen molar-refractivity contribution in [2.45, 2.75) is 19.4 Å². The number of rotatable bonds is 6. The number of carbonyl (C=O) groups is 1. The van der Waals surface area contributed by atoms with Crippen LogP contribution in [0.3, 0.4) is 0 Å². The zero-order chi connectivity index (χ0) is 18.4. The Morgan fingerprint density at radius 3 is 2.76 bits per heavy atom. The van der Waals surface area contributed by atoms with Gasteiger partial charge in [0.1, 0.15) is 10.8 Å². The molecule has 0 aliphatic heterocycles. The van der Waals surface area contributed by atoms with E-state index in [4.69, 9.17) is 16.3 Å². The highest BCUT2D eigenvalue weighted by Gasteiger charge is 2.14. The molecule has 1 atom stereocenters. The summed E-state index contributed by atoms with van der Waals surface area (Å²) in [6.07, 6.45) is 0.616. The van der Waals surface area contributed by atoms with Gasteiger partial charge >= 0.3 is 6.03 Å². The molecule has 7 nitrogen and oxygen atoms in total. The molecular weight excluding hydrogens is 346 g/mol. The van der Waals surface area contributed by atoms with Gasteiger partial charge in [0.2, 0.25) is 0 Å². The lowest BCUT2D eigenvalue weighted by Crippen LogP contribution is -2.37. The Hall–Kier alpha value is -2.80.